The molecule has 1 atom stereocenters. The fourth-order valence-electron chi connectivity index (χ4n) is 5.08. The van der Waals surface area contributed by atoms with Crippen LogP contribution in [0, 0.1) is 13.8 Å². The quantitative estimate of drug-likeness (QED) is 0.440. The van der Waals surface area contributed by atoms with Crippen molar-refractivity contribution in [3.05, 3.63) is 123 Å². The summed E-state index contributed by atoms with van der Waals surface area (Å²) in [6.07, 6.45) is 3.50. The number of aryl methyl sites for hydroxylation is 2. The summed E-state index contributed by atoms with van der Waals surface area (Å²) in [4.78, 5) is 22.9. The molecule has 3 heterocycles. The molecule has 0 spiro atoms. The van der Waals surface area contributed by atoms with Gasteiger partial charge >= 0.3 is 0 Å². The molecule has 6 nitrogen and oxygen atoms in total. The Labute approximate surface area is 212 Å². The van der Waals surface area contributed by atoms with Gasteiger partial charge in [-0.15, -0.1) is 0 Å². The highest BCUT2D eigenvalue weighted by Crippen LogP contribution is 2.34. The van der Waals surface area contributed by atoms with Gasteiger partial charge < -0.3 is 14.6 Å². The van der Waals surface area contributed by atoms with E-state index in [0.717, 1.165) is 48.6 Å². The Bertz CT molecular complexity index is 1360. The van der Waals surface area contributed by atoms with Gasteiger partial charge in [0.25, 0.3) is 5.56 Å². The average molecular weight is 481 g/mol. The summed E-state index contributed by atoms with van der Waals surface area (Å²) in [5.41, 5.74) is 5.32. The highest BCUT2D eigenvalue weighted by molar-refractivity contribution is 5.47. The van der Waals surface area contributed by atoms with Gasteiger partial charge in [0, 0.05) is 50.0 Å². The second-order valence-corrected chi connectivity index (χ2v) is 9.51. The minimum absolute atomic E-state index is 0.0519. The Hall–Kier alpha value is -3.90. The van der Waals surface area contributed by atoms with Gasteiger partial charge in [-0.1, -0.05) is 54.1 Å². The molecule has 1 fully saturated rings. The highest BCUT2D eigenvalue weighted by atomic mass is 16.3. The number of hydrogen-bond acceptors (Lipinski definition) is 5. The van der Waals surface area contributed by atoms with Crippen LogP contribution in [0.5, 0.6) is 5.75 Å². The lowest BCUT2D eigenvalue weighted by Gasteiger charge is -2.40. The van der Waals surface area contributed by atoms with Crippen molar-refractivity contribution in [1.29, 1.82) is 0 Å². The van der Waals surface area contributed by atoms with Crippen LogP contribution < -0.4 is 10.5 Å². The molecule has 0 radical (unpaired) electrons. The van der Waals surface area contributed by atoms with E-state index < -0.39 is 0 Å². The van der Waals surface area contributed by atoms with Crippen LogP contribution in [-0.4, -0.2) is 45.7 Å². The Kier molecular flexibility index (Phi) is 6.87. The topological polar surface area (TPSA) is 61.6 Å². The smallest absolute Gasteiger partial charge is 0.259 e. The van der Waals surface area contributed by atoms with Crippen molar-refractivity contribution in [1.82, 2.24) is 14.5 Å². The summed E-state index contributed by atoms with van der Waals surface area (Å²) in [5.74, 6) is 0.0519. The van der Waals surface area contributed by atoms with E-state index in [0.29, 0.717) is 12.1 Å². The molecule has 0 unspecified atom stereocenters. The van der Waals surface area contributed by atoms with E-state index in [1.54, 1.807) is 23.0 Å². The number of pyridine rings is 2. The van der Waals surface area contributed by atoms with E-state index in [1.807, 2.05) is 25.1 Å². The van der Waals surface area contributed by atoms with E-state index in [-0.39, 0.29) is 17.4 Å². The first-order valence-electron chi connectivity index (χ1n) is 12.4. The molecule has 2 aromatic carbocycles. The molecular formula is C30H32N4O2. The van der Waals surface area contributed by atoms with Gasteiger partial charge in [0.1, 0.15) is 5.75 Å². The van der Waals surface area contributed by atoms with Crippen LogP contribution in [0.4, 0.5) is 5.69 Å². The Morgan fingerprint density at radius 1 is 0.917 bits per heavy atom. The summed E-state index contributed by atoms with van der Waals surface area (Å²) < 4.78 is 1.74. The number of aromatic hydroxyl groups is 1. The van der Waals surface area contributed by atoms with Crippen molar-refractivity contribution in [2.75, 3.05) is 31.1 Å². The fraction of sp³-hybridized carbons (Fsp3) is 0.267. The van der Waals surface area contributed by atoms with Crippen molar-refractivity contribution in [2.24, 2.45) is 0 Å². The number of benzene rings is 2. The van der Waals surface area contributed by atoms with E-state index in [1.165, 1.54) is 5.69 Å². The second-order valence-electron chi connectivity index (χ2n) is 9.51. The summed E-state index contributed by atoms with van der Waals surface area (Å²) in [6, 6.07) is 23.9. The van der Waals surface area contributed by atoms with Gasteiger partial charge in [0.05, 0.1) is 18.2 Å². The van der Waals surface area contributed by atoms with Crippen LogP contribution in [0.25, 0.3) is 0 Å². The normalized spacial score (nSPS) is 15.1. The molecule has 0 saturated carbocycles. The minimum atomic E-state index is -0.336. The largest absolute Gasteiger partial charge is 0.507 e. The Morgan fingerprint density at radius 3 is 2.31 bits per heavy atom. The second kappa shape index (κ2) is 10.4. The average Bonchev–Trinajstić information content (AvgIpc) is 2.91. The molecule has 1 aliphatic heterocycles. The Morgan fingerprint density at radius 2 is 1.64 bits per heavy atom. The van der Waals surface area contributed by atoms with Gasteiger partial charge in [-0.3, -0.25) is 14.7 Å². The minimum Gasteiger partial charge on any atom is -0.507 e. The maximum Gasteiger partial charge on any atom is 0.259 e. The van der Waals surface area contributed by atoms with Crippen molar-refractivity contribution < 1.29 is 5.11 Å². The number of para-hydroxylation sites is 1. The number of piperazine rings is 1. The SMILES string of the molecule is Cc1ccc([C@H](c2c(O)cc(C)n(Cc3cccnc3)c2=O)N2CCN(c3ccccc3)CC2)cc1. The van der Waals surface area contributed by atoms with Gasteiger partial charge in [0.15, 0.2) is 0 Å². The first-order chi connectivity index (χ1) is 17.5. The van der Waals surface area contributed by atoms with Crippen LogP contribution in [-0.2, 0) is 6.54 Å². The summed E-state index contributed by atoms with van der Waals surface area (Å²) in [5, 5.41) is 11.1. The van der Waals surface area contributed by atoms with Crippen molar-refractivity contribution in [2.45, 2.75) is 26.4 Å². The van der Waals surface area contributed by atoms with Crippen molar-refractivity contribution >= 4 is 5.69 Å². The Balaban J connectivity index is 1.53. The molecule has 0 aliphatic carbocycles. The summed E-state index contributed by atoms with van der Waals surface area (Å²) >= 11 is 0. The first-order valence-corrected chi connectivity index (χ1v) is 12.4. The van der Waals surface area contributed by atoms with Gasteiger partial charge in [0.2, 0.25) is 0 Å². The van der Waals surface area contributed by atoms with Crippen LogP contribution in [0.15, 0.2) is 90.0 Å². The van der Waals surface area contributed by atoms with E-state index in [9.17, 15) is 9.90 Å². The molecule has 36 heavy (non-hydrogen) atoms. The predicted octanol–water partition coefficient (Wildman–Crippen LogP) is 4.53. The molecule has 1 aliphatic rings. The number of aromatic nitrogens is 2. The molecule has 0 bridgehead atoms. The zero-order valence-electron chi connectivity index (χ0n) is 20.8. The number of rotatable bonds is 6. The molecule has 1 N–H and O–H groups in total. The maximum atomic E-state index is 14.0. The van der Waals surface area contributed by atoms with Gasteiger partial charge in [-0.25, -0.2) is 0 Å². The lowest BCUT2D eigenvalue weighted by molar-refractivity contribution is 0.207. The molecule has 6 heteroatoms. The number of anilines is 1. The first kappa shape index (κ1) is 23.8. The summed E-state index contributed by atoms with van der Waals surface area (Å²) in [6.45, 7) is 7.59. The number of hydrogen-bond donors (Lipinski definition) is 1. The van der Waals surface area contributed by atoms with E-state index >= 15 is 0 Å². The lowest BCUT2D eigenvalue weighted by atomic mass is 9.95. The maximum absolute atomic E-state index is 14.0. The van der Waals surface area contributed by atoms with E-state index in [4.69, 9.17) is 0 Å². The third-order valence-electron chi connectivity index (χ3n) is 7.05. The monoisotopic (exact) mass is 480 g/mol. The predicted molar refractivity (Wildman–Crippen MR) is 144 cm³/mol. The zero-order chi connectivity index (χ0) is 25.1. The molecule has 5 rings (SSSR count). The standard InChI is InChI=1S/C30H32N4O2/c1-22-10-12-25(13-11-22)29(33-17-15-32(16-18-33)26-8-4-3-5-9-26)28-27(35)19-23(2)34(30(28)36)21-24-7-6-14-31-20-24/h3-14,19-20,29,35H,15-18,21H2,1-2H3/t29-/m1/s1. The molecule has 2 aromatic heterocycles. The molecule has 4 aromatic rings. The van der Waals surface area contributed by atoms with Gasteiger partial charge in [-0.05, 0) is 49.2 Å². The number of nitrogens with zero attached hydrogens (tertiary/aromatic N) is 4. The van der Waals surface area contributed by atoms with Crippen LogP contribution >= 0.6 is 0 Å². The van der Waals surface area contributed by atoms with E-state index in [2.05, 4.69) is 70.2 Å². The lowest BCUT2D eigenvalue weighted by Crippen LogP contribution is -2.49. The van der Waals surface area contributed by atoms with Crippen molar-refractivity contribution in [3.63, 3.8) is 0 Å². The zero-order valence-corrected chi connectivity index (χ0v) is 20.8. The van der Waals surface area contributed by atoms with Gasteiger partial charge in [-0.2, -0.15) is 0 Å². The fourth-order valence-corrected chi connectivity index (χ4v) is 5.08. The highest BCUT2D eigenvalue weighted by Gasteiger charge is 2.31. The van der Waals surface area contributed by atoms with Crippen LogP contribution in [0.1, 0.15) is 34.0 Å². The molecule has 0 amide bonds. The molecule has 184 valence electrons. The molecular weight excluding hydrogens is 448 g/mol. The summed E-state index contributed by atoms with van der Waals surface area (Å²) in [7, 11) is 0. The third kappa shape index (κ3) is 4.90. The van der Waals surface area contributed by atoms with Crippen molar-refractivity contribution in [3.8, 4) is 5.75 Å². The van der Waals surface area contributed by atoms with Crippen LogP contribution in [0.3, 0.4) is 0 Å². The molecule has 1 saturated heterocycles. The van der Waals surface area contributed by atoms with Crippen LogP contribution in [0.2, 0.25) is 0 Å². The third-order valence-corrected chi connectivity index (χ3v) is 7.05.